The molecule has 0 amide bonds. The normalized spacial score (nSPS) is 21.5. The van der Waals surface area contributed by atoms with Crippen LogP contribution in [0.2, 0.25) is 0 Å². The second-order valence-electron chi connectivity index (χ2n) is 3.73. The van der Waals surface area contributed by atoms with Crippen LogP contribution in [0.25, 0.3) is 0 Å². The molecule has 5 heteroatoms. The zero-order valence-electron chi connectivity index (χ0n) is 8.56. The van der Waals surface area contributed by atoms with Crippen molar-refractivity contribution < 1.29 is 0 Å². The van der Waals surface area contributed by atoms with E-state index >= 15 is 0 Å². The van der Waals surface area contributed by atoms with Gasteiger partial charge in [-0.1, -0.05) is 0 Å². The highest BCUT2D eigenvalue weighted by Crippen LogP contribution is 2.26. The van der Waals surface area contributed by atoms with Gasteiger partial charge in [0.05, 0.1) is 6.33 Å². The molecule has 1 atom stereocenters. The van der Waals surface area contributed by atoms with E-state index in [4.69, 9.17) is 5.73 Å². The van der Waals surface area contributed by atoms with Gasteiger partial charge in [-0.3, -0.25) is 4.79 Å². The zero-order valence-corrected chi connectivity index (χ0v) is 9.37. The van der Waals surface area contributed by atoms with Crippen LogP contribution in [0.15, 0.2) is 17.3 Å². The van der Waals surface area contributed by atoms with Gasteiger partial charge in [-0.25, -0.2) is 0 Å². The molecule has 0 saturated carbocycles. The summed E-state index contributed by atoms with van der Waals surface area (Å²) >= 11 is 1.96. The summed E-state index contributed by atoms with van der Waals surface area (Å²) in [6, 6.07) is 0.474. The lowest BCUT2D eigenvalue weighted by molar-refractivity contribution is 0.487. The Morgan fingerprint density at radius 3 is 3.20 bits per heavy atom. The largest absolute Gasteiger partial charge is 0.335 e. The first-order chi connectivity index (χ1) is 7.31. The van der Waals surface area contributed by atoms with Gasteiger partial charge in [0.15, 0.2) is 0 Å². The molecule has 0 aliphatic carbocycles. The maximum atomic E-state index is 11.3. The van der Waals surface area contributed by atoms with Crippen LogP contribution in [-0.4, -0.2) is 21.1 Å². The third kappa shape index (κ3) is 2.41. The first kappa shape index (κ1) is 10.7. The van der Waals surface area contributed by atoms with Crippen molar-refractivity contribution in [3.8, 4) is 0 Å². The molecule has 0 radical (unpaired) electrons. The minimum atomic E-state index is -0.197. The first-order valence-electron chi connectivity index (χ1n) is 5.15. The van der Waals surface area contributed by atoms with E-state index in [0.29, 0.717) is 11.6 Å². The minimum absolute atomic E-state index is 0.197. The molecule has 1 aromatic rings. The van der Waals surface area contributed by atoms with Crippen LogP contribution < -0.4 is 11.3 Å². The van der Waals surface area contributed by atoms with Crippen molar-refractivity contribution in [2.24, 2.45) is 5.73 Å². The van der Waals surface area contributed by atoms with E-state index in [2.05, 4.69) is 4.98 Å². The molecular weight excluding hydrogens is 210 g/mol. The molecule has 4 nitrogen and oxygen atoms in total. The van der Waals surface area contributed by atoms with E-state index in [-0.39, 0.29) is 12.1 Å². The maximum Gasteiger partial charge on any atom is 0.277 e. The lowest BCUT2D eigenvalue weighted by atomic mass is 10.2. The standard InChI is InChI=1S/C10H15N3OS/c11-4-8-5-13(7-12-10(8)14)9-2-1-3-15-6-9/h5,7,9H,1-4,6,11H2. The molecule has 0 aromatic carbocycles. The van der Waals surface area contributed by atoms with Crippen LogP contribution in [0, 0.1) is 0 Å². The van der Waals surface area contributed by atoms with Crippen molar-refractivity contribution >= 4 is 11.8 Å². The quantitative estimate of drug-likeness (QED) is 0.807. The van der Waals surface area contributed by atoms with Crippen LogP contribution in [-0.2, 0) is 6.54 Å². The Bertz CT molecular complexity index is 384. The summed E-state index contributed by atoms with van der Waals surface area (Å²) < 4.78 is 2.04. The Labute approximate surface area is 92.9 Å². The Balaban J connectivity index is 2.23. The number of hydrogen-bond donors (Lipinski definition) is 1. The molecule has 0 spiro atoms. The smallest absolute Gasteiger partial charge is 0.277 e. The summed E-state index contributed by atoms with van der Waals surface area (Å²) in [5.74, 6) is 2.35. The van der Waals surface area contributed by atoms with Gasteiger partial charge in [0.2, 0.25) is 0 Å². The second-order valence-corrected chi connectivity index (χ2v) is 4.88. The number of nitrogens with two attached hydrogens (primary N) is 1. The molecule has 1 saturated heterocycles. The number of nitrogens with zero attached hydrogens (tertiary/aromatic N) is 2. The van der Waals surface area contributed by atoms with E-state index in [1.807, 2.05) is 22.5 Å². The van der Waals surface area contributed by atoms with Crippen LogP contribution in [0.1, 0.15) is 24.4 Å². The summed E-state index contributed by atoms with van der Waals surface area (Å²) in [7, 11) is 0. The van der Waals surface area contributed by atoms with E-state index in [1.54, 1.807) is 6.33 Å². The first-order valence-corrected chi connectivity index (χ1v) is 6.31. The zero-order chi connectivity index (χ0) is 10.7. The van der Waals surface area contributed by atoms with Gasteiger partial charge in [0.1, 0.15) is 0 Å². The van der Waals surface area contributed by atoms with Crippen LogP contribution in [0.4, 0.5) is 0 Å². The molecule has 15 heavy (non-hydrogen) atoms. The summed E-state index contributed by atoms with van der Waals surface area (Å²) in [5.41, 5.74) is 5.90. The highest BCUT2D eigenvalue weighted by Gasteiger charge is 2.15. The van der Waals surface area contributed by atoms with E-state index in [9.17, 15) is 4.79 Å². The SMILES string of the molecule is NCc1cn(C2CCCSC2)cnc1=O. The van der Waals surface area contributed by atoms with Crippen molar-refractivity contribution in [2.75, 3.05) is 11.5 Å². The van der Waals surface area contributed by atoms with Crippen LogP contribution in [0.5, 0.6) is 0 Å². The van der Waals surface area contributed by atoms with Crippen LogP contribution >= 0.6 is 11.8 Å². The van der Waals surface area contributed by atoms with Crippen molar-refractivity contribution in [3.63, 3.8) is 0 Å². The Morgan fingerprint density at radius 2 is 2.53 bits per heavy atom. The Kier molecular flexibility index (Phi) is 3.43. The number of hydrogen-bond acceptors (Lipinski definition) is 4. The Hall–Kier alpha value is -0.810. The van der Waals surface area contributed by atoms with Gasteiger partial charge >= 0.3 is 0 Å². The van der Waals surface area contributed by atoms with E-state index in [0.717, 1.165) is 5.75 Å². The molecule has 1 aliphatic heterocycles. The van der Waals surface area contributed by atoms with Gasteiger partial charge < -0.3 is 10.3 Å². The van der Waals surface area contributed by atoms with Crippen molar-refractivity contribution in [1.29, 1.82) is 0 Å². The molecule has 0 bridgehead atoms. The van der Waals surface area contributed by atoms with Gasteiger partial charge in [-0.05, 0) is 18.6 Å². The second kappa shape index (κ2) is 4.81. The molecule has 2 heterocycles. The van der Waals surface area contributed by atoms with Crippen molar-refractivity contribution in [3.05, 3.63) is 28.4 Å². The van der Waals surface area contributed by atoms with E-state index < -0.39 is 0 Å². The number of thioether (sulfide) groups is 1. The van der Waals surface area contributed by atoms with Gasteiger partial charge in [0.25, 0.3) is 5.56 Å². The van der Waals surface area contributed by atoms with E-state index in [1.165, 1.54) is 18.6 Å². The lowest BCUT2D eigenvalue weighted by Gasteiger charge is -2.24. The highest BCUT2D eigenvalue weighted by molar-refractivity contribution is 7.99. The van der Waals surface area contributed by atoms with Gasteiger partial charge in [0, 0.05) is 30.1 Å². The average Bonchev–Trinajstić information content (AvgIpc) is 2.31. The predicted molar refractivity (Wildman–Crippen MR) is 62.0 cm³/mol. The van der Waals surface area contributed by atoms with Gasteiger partial charge in [-0.2, -0.15) is 16.7 Å². The molecule has 2 rings (SSSR count). The molecule has 1 fully saturated rings. The molecule has 1 unspecified atom stereocenters. The van der Waals surface area contributed by atoms with Gasteiger partial charge in [-0.15, -0.1) is 0 Å². The summed E-state index contributed by atoms with van der Waals surface area (Å²) in [6.07, 6.45) is 5.89. The molecular formula is C10H15N3OS. The molecule has 1 aromatic heterocycles. The van der Waals surface area contributed by atoms with Crippen molar-refractivity contribution in [1.82, 2.24) is 9.55 Å². The number of rotatable bonds is 2. The lowest BCUT2D eigenvalue weighted by Crippen LogP contribution is -2.23. The number of aromatic nitrogens is 2. The summed E-state index contributed by atoms with van der Waals surface area (Å²) in [5, 5.41) is 0. The highest BCUT2D eigenvalue weighted by atomic mass is 32.2. The monoisotopic (exact) mass is 225 g/mol. The fraction of sp³-hybridized carbons (Fsp3) is 0.600. The third-order valence-corrected chi connectivity index (χ3v) is 3.86. The summed E-state index contributed by atoms with van der Waals surface area (Å²) in [4.78, 5) is 15.1. The molecule has 2 N–H and O–H groups in total. The Morgan fingerprint density at radius 1 is 1.67 bits per heavy atom. The fourth-order valence-corrected chi connectivity index (χ4v) is 2.92. The topological polar surface area (TPSA) is 60.9 Å². The average molecular weight is 225 g/mol. The maximum absolute atomic E-state index is 11.3. The predicted octanol–water partition coefficient (Wildman–Crippen LogP) is 0.770. The van der Waals surface area contributed by atoms with Crippen molar-refractivity contribution in [2.45, 2.75) is 25.4 Å². The minimum Gasteiger partial charge on any atom is -0.335 e. The summed E-state index contributed by atoms with van der Waals surface area (Å²) in [6.45, 7) is 0.270. The molecule has 1 aliphatic rings. The molecule has 82 valence electrons. The fourth-order valence-electron chi connectivity index (χ4n) is 1.77. The van der Waals surface area contributed by atoms with Crippen LogP contribution in [0.3, 0.4) is 0 Å². The third-order valence-electron chi connectivity index (χ3n) is 2.67.